The predicted octanol–water partition coefficient (Wildman–Crippen LogP) is 3.14. The van der Waals surface area contributed by atoms with E-state index in [-0.39, 0.29) is 5.76 Å². The van der Waals surface area contributed by atoms with Gasteiger partial charge in [-0.15, -0.1) is 0 Å². The number of rotatable bonds is 4. The molecule has 4 rings (SSSR count). The molecule has 0 radical (unpaired) electrons. The minimum absolute atomic E-state index is 0.276. The molecule has 5 nitrogen and oxygen atoms in total. The van der Waals surface area contributed by atoms with Crippen LogP contribution in [0, 0.1) is 0 Å². The third kappa shape index (κ3) is 2.36. The fourth-order valence-corrected chi connectivity index (χ4v) is 3.24. The Hall–Kier alpha value is -2.89. The van der Waals surface area contributed by atoms with Gasteiger partial charge in [0.15, 0.2) is 11.7 Å². The van der Waals surface area contributed by atoms with Crippen LogP contribution >= 0.6 is 0 Å². The number of aliphatic hydroxyl groups is 2. The first-order chi connectivity index (χ1) is 12.1. The molecule has 2 aromatic heterocycles. The number of aliphatic hydroxyl groups excluding tert-OH is 1. The number of benzene rings is 2. The van der Waals surface area contributed by atoms with Crippen molar-refractivity contribution in [1.29, 1.82) is 0 Å². The van der Waals surface area contributed by atoms with Crippen LogP contribution in [0.2, 0.25) is 0 Å². The van der Waals surface area contributed by atoms with Gasteiger partial charge >= 0.3 is 0 Å². The number of para-hydroxylation sites is 2. The molecule has 0 aliphatic rings. The second-order valence-corrected chi connectivity index (χ2v) is 6.03. The highest BCUT2D eigenvalue weighted by molar-refractivity contribution is 5.76. The number of hydrogen-bond acceptors (Lipinski definition) is 4. The zero-order valence-corrected chi connectivity index (χ0v) is 13.7. The van der Waals surface area contributed by atoms with Crippen molar-refractivity contribution in [3.63, 3.8) is 0 Å². The van der Waals surface area contributed by atoms with Crippen LogP contribution in [0.3, 0.4) is 0 Å². The van der Waals surface area contributed by atoms with Gasteiger partial charge in [-0.25, -0.2) is 4.98 Å². The highest BCUT2D eigenvalue weighted by Crippen LogP contribution is 2.41. The molecule has 0 saturated carbocycles. The third-order valence-corrected chi connectivity index (χ3v) is 4.55. The van der Waals surface area contributed by atoms with Gasteiger partial charge in [-0.05, 0) is 29.8 Å². The zero-order chi connectivity index (χ0) is 17.4. The van der Waals surface area contributed by atoms with Gasteiger partial charge in [-0.3, -0.25) is 0 Å². The molecule has 2 N–H and O–H groups in total. The van der Waals surface area contributed by atoms with E-state index in [9.17, 15) is 10.2 Å². The summed E-state index contributed by atoms with van der Waals surface area (Å²) in [5, 5.41) is 22.7. The molecular weight excluding hydrogens is 316 g/mol. The maximum atomic E-state index is 11.7. The molecule has 4 aromatic rings. The van der Waals surface area contributed by atoms with Crippen LogP contribution in [0.4, 0.5) is 0 Å². The minimum Gasteiger partial charge on any atom is -0.466 e. The standard InChI is InChI=1S/C20H18N2O3/c1-22-16-11-6-5-10-15(16)21-19(22)20(24,14-8-3-2-4-9-14)18(23)17-12-7-13-25-17/h2-13,18,23-24H,1H3/t18-,20+/m0/s1. The summed E-state index contributed by atoms with van der Waals surface area (Å²) in [7, 11) is 1.83. The molecule has 2 atom stereocenters. The Morgan fingerprint density at radius 1 is 1.00 bits per heavy atom. The molecule has 0 amide bonds. The lowest BCUT2D eigenvalue weighted by atomic mass is 9.86. The average molecular weight is 334 g/mol. The molecule has 2 heterocycles. The predicted molar refractivity (Wildman–Crippen MR) is 93.8 cm³/mol. The Kier molecular flexibility index (Phi) is 3.67. The van der Waals surface area contributed by atoms with Crippen LogP contribution in [0.5, 0.6) is 0 Å². The van der Waals surface area contributed by atoms with Gasteiger partial charge in [-0.2, -0.15) is 0 Å². The van der Waals surface area contributed by atoms with E-state index in [1.807, 2.05) is 49.5 Å². The zero-order valence-electron chi connectivity index (χ0n) is 13.7. The van der Waals surface area contributed by atoms with Crippen LogP contribution in [0.15, 0.2) is 77.4 Å². The Morgan fingerprint density at radius 2 is 1.72 bits per heavy atom. The van der Waals surface area contributed by atoms with E-state index >= 15 is 0 Å². The summed E-state index contributed by atoms with van der Waals surface area (Å²) in [4.78, 5) is 4.60. The van der Waals surface area contributed by atoms with E-state index in [0.29, 0.717) is 11.4 Å². The Morgan fingerprint density at radius 3 is 2.40 bits per heavy atom. The van der Waals surface area contributed by atoms with E-state index in [4.69, 9.17) is 4.42 Å². The van der Waals surface area contributed by atoms with E-state index in [0.717, 1.165) is 11.0 Å². The van der Waals surface area contributed by atoms with E-state index in [2.05, 4.69) is 4.98 Å². The number of fused-ring (bicyclic) bond motifs is 1. The Labute approximate surface area is 144 Å². The molecule has 0 saturated heterocycles. The average Bonchev–Trinajstić information content (AvgIpc) is 3.30. The quantitative estimate of drug-likeness (QED) is 0.601. The minimum atomic E-state index is -1.76. The van der Waals surface area contributed by atoms with Crippen molar-refractivity contribution in [2.75, 3.05) is 0 Å². The third-order valence-electron chi connectivity index (χ3n) is 4.55. The fraction of sp³-hybridized carbons (Fsp3) is 0.150. The van der Waals surface area contributed by atoms with Crippen molar-refractivity contribution in [2.45, 2.75) is 11.7 Å². The number of aromatic nitrogens is 2. The first-order valence-electron chi connectivity index (χ1n) is 8.03. The van der Waals surface area contributed by atoms with Crippen molar-refractivity contribution in [3.8, 4) is 0 Å². The van der Waals surface area contributed by atoms with Crippen LogP contribution in [0.25, 0.3) is 11.0 Å². The normalized spacial score (nSPS) is 15.2. The molecule has 0 aliphatic carbocycles. The van der Waals surface area contributed by atoms with Crippen LogP contribution in [0.1, 0.15) is 23.3 Å². The lowest BCUT2D eigenvalue weighted by molar-refractivity contribution is -0.0685. The second kappa shape index (κ2) is 5.88. The van der Waals surface area contributed by atoms with Gasteiger partial charge in [0.25, 0.3) is 0 Å². The number of hydrogen-bond donors (Lipinski definition) is 2. The summed E-state index contributed by atoms with van der Waals surface area (Å²) in [6, 6.07) is 20.0. The molecule has 0 aliphatic heterocycles. The lowest BCUT2D eigenvalue weighted by Gasteiger charge is -2.32. The summed E-state index contributed by atoms with van der Waals surface area (Å²) in [6.45, 7) is 0. The van der Waals surface area contributed by atoms with Crippen LogP contribution < -0.4 is 0 Å². The SMILES string of the molecule is Cn1c([C@@](O)(c2ccccc2)[C@@H](O)c2ccco2)nc2ccccc21. The topological polar surface area (TPSA) is 71.4 Å². The molecular formula is C20H18N2O3. The molecule has 0 unspecified atom stereocenters. The van der Waals surface area contributed by atoms with Crippen LogP contribution in [-0.4, -0.2) is 19.8 Å². The highest BCUT2D eigenvalue weighted by Gasteiger charge is 2.45. The van der Waals surface area contributed by atoms with E-state index < -0.39 is 11.7 Å². The second-order valence-electron chi connectivity index (χ2n) is 6.03. The molecule has 0 bridgehead atoms. The summed E-state index contributed by atoms with van der Waals surface area (Å²) >= 11 is 0. The number of imidazole rings is 1. The smallest absolute Gasteiger partial charge is 0.180 e. The molecule has 0 spiro atoms. The maximum absolute atomic E-state index is 11.7. The number of aryl methyl sites for hydroxylation is 1. The highest BCUT2D eigenvalue weighted by atomic mass is 16.4. The van der Waals surface area contributed by atoms with Crippen molar-refractivity contribution in [3.05, 3.63) is 90.1 Å². The first-order valence-corrected chi connectivity index (χ1v) is 8.03. The van der Waals surface area contributed by atoms with Gasteiger partial charge < -0.3 is 19.2 Å². The molecule has 25 heavy (non-hydrogen) atoms. The fourth-order valence-electron chi connectivity index (χ4n) is 3.24. The molecule has 126 valence electrons. The Balaban J connectivity index is 1.98. The summed E-state index contributed by atoms with van der Waals surface area (Å²) in [6.07, 6.45) is 0.166. The van der Waals surface area contributed by atoms with E-state index in [1.54, 1.807) is 28.8 Å². The van der Waals surface area contributed by atoms with Gasteiger partial charge in [-0.1, -0.05) is 42.5 Å². The lowest BCUT2D eigenvalue weighted by Crippen LogP contribution is -2.37. The number of furan rings is 1. The van der Waals surface area contributed by atoms with Crippen molar-refractivity contribution < 1.29 is 14.6 Å². The van der Waals surface area contributed by atoms with E-state index in [1.165, 1.54) is 6.26 Å². The summed E-state index contributed by atoms with van der Waals surface area (Å²) in [5.41, 5.74) is 0.407. The first kappa shape index (κ1) is 15.6. The van der Waals surface area contributed by atoms with Gasteiger partial charge in [0, 0.05) is 7.05 Å². The van der Waals surface area contributed by atoms with Gasteiger partial charge in [0.05, 0.1) is 17.3 Å². The maximum Gasteiger partial charge on any atom is 0.180 e. The summed E-state index contributed by atoms with van der Waals surface area (Å²) < 4.78 is 7.15. The monoisotopic (exact) mass is 334 g/mol. The molecule has 0 fully saturated rings. The largest absolute Gasteiger partial charge is 0.466 e. The summed E-state index contributed by atoms with van der Waals surface area (Å²) in [5.74, 6) is 0.627. The van der Waals surface area contributed by atoms with Crippen molar-refractivity contribution in [1.82, 2.24) is 9.55 Å². The van der Waals surface area contributed by atoms with Crippen molar-refractivity contribution in [2.24, 2.45) is 7.05 Å². The van der Waals surface area contributed by atoms with Gasteiger partial charge in [0.2, 0.25) is 0 Å². The van der Waals surface area contributed by atoms with Crippen LogP contribution in [-0.2, 0) is 12.6 Å². The van der Waals surface area contributed by atoms with Crippen molar-refractivity contribution >= 4 is 11.0 Å². The molecule has 5 heteroatoms. The van der Waals surface area contributed by atoms with Gasteiger partial charge in [0.1, 0.15) is 11.6 Å². The molecule has 2 aromatic carbocycles. The number of nitrogens with zero attached hydrogens (tertiary/aromatic N) is 2. The Bertz CT molecular complexity index is 992.